The van der Waals surface area contributed by atoms with Gasteiger partial charge in [0.15, 0.2) is 0 Å². The van der Waals surface area contributed by atoms with Crippen LogP contribution in [-0.4, -0.2) is 64.1 Å². The quantitative estimate of drug-likeness (QED) is 0.699. The molecule has 1 aliphatic rings. The van der Waals surface area contributed by atoms with Crippen molar-refractivity contribution >= 4 is 0 Å². The third kappa shape index (κ3) is 4.37. The molecule has 0 saturated carbocycles. The van der Waals surface area contributed by atoms with E-state index in [4.69, 9.17) is 9.47 Å². The van der Waals surface area contributed by atoms with Crippen LogP contribution in [-0.2, 0) is 9.47 Å². The van der Waals surface area contributed by atoms with E-state index >= 15 is 0 Å². The molecular weight excluding hydrogens is 204 g/mol. The Balaban J connectivity index is 2.40. The van der Waals surface area contributed by atoms with E-state index in [0.29, 0.717) is 12.1 Å². The summed E-state index contributed by atoms with van der Waals surface area (Å²) in [6.07, 6.45) is 2.28. The lowest BCUT2D eigenvalue weighted by Gasteiger charge is -2.37. The van der Waals surface area contributed by atoms with Gasteiger partial charge in [-0.2, -0.15) is 0 Å². The van der Waals surface area contributed by atoms with E-state index in [1.807, 2.05) is 0 Å². The largest absolute Gasteiger partial charge is 0.383 e. The molecule has 4 heteroatoms. The van der Waals surface area contributed by atoms with E-state index in [1.165, 1.54) is 0 Å². The van der Waals surface area contributed by atoms with Gasteiger partial charge < -0.3 is 14.8 Å². The van der Waals surface area contributed by atoms with E-state index in [0.717, 1.165) is 45.8 Å². The van der Waals surface area contributed by atoms with Gasteiger partial charge in [0.05, 0.1) is 6.61 Å². The van der Waals surface area contributed by atoms with E-state index in [9.17, 15) is 0 Å². The van der Waals surface area contributed by atoms with Gasteiger partial charge in [0.1, 0.15) is 0 Å². The Morgan fingerprint density at radius 1 is 1.44 bits per heavy atom. The van der Waals surface area contributed by atoms with Gasteiger partial charge in [-0.3, -0.25) is 4.90 Å². The summed E-state index contributed by atoms with van der Waals surface area (Å²) in [4.78, 5) is 2.45. The highest BCUT2D eigenvalue weighted by Gasteiger charge is 2.24. The molecule has 1 unspecified atom stereocenters. The first-order valence-electron chi connectivity index (χ1n) is 6.29. The van der Waals surface area contributed by atoms with Crippen molar-refractivity contribution in [2.24, 2.45) is 0 Å². The SMILES string of the molecule is CCNCC(COC)N(C)C1CCOCC1. The summed E-state index contributed by atoms with van der Waals surface area (Å²) < 4.78 is 10.7. The third-order valence-corrected chi connectivity index (χ3v) is 3.33. The standard InChI is InChI=1S/C12H26N2O2/c1-4-13-9-12(10-15-3)14(2)11-5-7-16-8-6-11/h11-13H,4-10H2,1-3H3. The number of ether oxygens (including phenoxy) is 2. The Bertz CT molecular complexity index is 172. The second-order valence-corrected chi connectivity index (χ2v) is 4.43. The Labute approximate surface area is 99.3 Å². The lowest BCUT2D eigenvalue weighted by atomic mass is 10.1. The van der Waals surface area contributed by atoms with Crippen LogP contribution >= 0.6 is 0 Å². The fourth-order valence-electron chi connectivity index (χ4n) is 2.21. The van der Waals surface area contributed by atoms with Crippen LogP contribution in [0.25, 0.3) is 0 Å². The first-order chi connectivity index (χ1) is 7.79. The molecular formula is C12H26N2O2. The highest BCUT2D eigenvalue weighted by molar-refractivity contribution is 4.79. The van der Waals surface area contributed by atoms with Crippen LogP contribution in [0.4, 0.5) is 0 Å². The minimum absolute atomic E-state index is 0.466. The van der Waals surface area contributed by atoms with Crippen molar-refractivity contribution in [3.05, 3.63) is 0 Å². The summed E-state index contributed by atoms with van der Waals surface area (Å²) >= 11 is 0. The van der Waals surface area contributed by atoms with E-state index < -0.39 is 0 Å². The van der Waals surface area contributed by atoms with Crippen LogP contribution in [0.1, 0.15) is 19.8 Å². The maximum atomic E-state index is 5.40. The normalized spacial score (nSPS) is 20.2. The Kier molecular flexibility index (Phi) is 6.96. The fraction of sp³-hybridized carbons (Fsp3) is 1.00. The smallest absolute Gasteiger partial charge is 0.0630 e. The van der Waals surface area contributed by atoms with Gasteiger partial charge in [0.25, 0.3) is 0 Å². The second kappa shape index (κ2) is 8.01. The van der Waals surface area contributed by atoms with Crippen LogP contribution < -0.4 is 5.32 Å². The Morgan fingerprint density at radius 3 is 2.69 bits per heavy atom. The second-order valence-electron chi connectivity index (χ2n) is 4.43. The zero-order valence-electron chi connectivity index (χ0n) is 10.9. The number of likely N-dealkylation sites (N-methyl/N-ethyl adjacent to an activating group) is 2. The van der Waals surface area contributed by atoms with Crippen molar-refractivity contribution < 1.29 is 9.47 Å². The summed E-state index contributed by atoms with van der Waals surface area (Å²) in [6.45, 7) is 6.74. The molecule has 0 aromatic heterocycles. The predicted molar refractivity (Wildman–Crippen MR) is 65.8 cm³/mol. The highest BCUT2D eigenvalue weighted by Crippen LogP contribution is 2.15. The van der Waals surface area contributed by atoms with Gasteiger partial charge in [0.2, 0.25) is 0 Å². The summed E-state index contributed by atoms with van der Waals surface area (Å²) in [5.41, 5.74) is 0. The monoisotopic (exact) mass is 230 g/mol. The van der Waals surface area contributed by atoms with Gasteiger partial charge in [-0.05, 0) is 26.4 Å². The molecule has 96 valence electrons. The van der Waals surface area contributed by atoms with Gasteiger partial charge in [-0.1, -0.05) is 6.92 Å². The molecule has 1 saturated heterocycles. The molecule has 1 fully saturated rings. The van der Waals surface area contributed by atoms with Crippen molar-refractivity contribution in [1.82, 2.24) is 10.2 Å². The molecule has 1 atom stereocenters. The van der Waals surface area contributed by atoms with Crippen molar-refractivity contribution in [2.75, 3.05) is 47.1 Å². The van der Waals surface area contributed by atoms with Gasteiger partial charge in [-0.15, -0.1) is 0 Å². The van der Waals surface area contributed by atoms with E-state index in [2.05, 4.69) is 24.2 Å². The average Bonchev–Trinajstić information content (AvgIpc) is 2.35. The van der Waals surface area contributed by atoms with Gasteiger partial charge in [0, 0.05) is 39.0 Å². The lowest BCUT2D eigenvalue weighted by molar-refractivity contribution is 0.0115. The third-order valence-electron chi connectivity index (χ3n) is 3.33. The van der Waals surface area contributed by atoms with Crippen molar-refractivity contribution in [2.45, 2.75) is 31.8 Å². The molecule has 1 N–H and O–H groups in total. The van der Waals surface area contributed by atoms with Crippen LogP contribution in [0.5, 0.6) is 0 Å². The van der Waals surface area contributed by atoms with Crippen molar-refractivity contribution in [3.8, 4) is 0 Å². The summed E-state index contributed by atoms with van der Waals surface area (Å²) in [6, 6.07) is 1.11. The van der Waals surface area contributed by atoms with Crippen LogP contribution in [0.3, 0.4) is 0 Å². The number of rotatable bonds is 7. The molecule has 0 aliphatic carbocycles. The molecule has 0 radical (unpaired) electrons. The van der Waals surface area contributed by atoms with E-state index in [1.54, 1.807) is 7.11 Å². The fourth-order valence-corrected chi connectivity index (χ4v) is 2.21. The summed E-state index contributed by atoms with van der Waals surface area (Å²) in [5, 5.41) is 3.40. The summed E-state index contributed by atoms with van der Waals surface area (Å²) in [5.74, 6) is 0. The number of nitrogens with zero attached hydrogens (tertiary/aromatic N) is 1. The van der Waals surface area contributed by atoms with Crippen molar-refractivity contribution in [1.29, 1.82) is 0 Å². The number of methoxy groups -OCH3 is 1. The maximum Gasteiger partial charge on any atom is 0.0630 e. The maximum absolute atomic E-state index is 5.40. The molecule has 1 rings (SSSR count). The number of hydrogen-bond acceptors (Lipinski definition) is 4. The lowest BCUT2D eigenvalue weighted by Crippen LogP contribution is -2.49. The highest BCUT2D eigenvalue weighted by atomic mass is 16.5. The predicted octanol–water partition coefficient (Wildman–Crippen LogP) is 0.722. The molecule has 0 aromatic carbocycles. The van der Waals surface area contributed by atoms with Crippen LogP contribution in [0, 0.1) is 0 Å². The first kappa shape index (κ1) is 13.9. The molecule has 1 heterocycles. The van der Waals surface area contributed by atoms with E-state index in [-0.39, 0.29) is 0 Å². The average molecular weight is 230 g/mol. The molecule has 0 amide bonds. The Hall–Kier alpha value is -0.160. The molecule has 4 nitrogen and oxygen atoms in total. The topological polar surface area (TPSA) is 33.7 Å². The minimum atomic E-state index is 0.466. The van der Waals surface area contributed by atoms with Gasteiger partial charge >= 0.3 is 0 Å². The molecule has 0 bridgehead atoms. The molecule has 0 aromatic rings. The van der Waals surface area contributed by atoms with Crippen LogP contribution in [0.15, 0.2) is 0 Å². The zero-order chi connectivity index (χ0) is 11.8. The minimum Gasteiger partial charge on any atom is -0.383 e. The first-order valence-corrected chi connectivity index (χ1v) is 6.29. The molecule has 1 aliphatic heterocycles. The van der Waals surface area contributed by atoms with Crippen molar-refractivity contribution in [3.63, 3.8) is 0 Å². The number of nitrogens with one attached hydrogen (secondary N) is 1. The molecule has 16 heavy (non-hydrogen) atoms. The summed E-state index contributed by atoms with van der Waals surface area (Å²) in [7, 11) is 3.98. The van der Waals surface area contributed by atoms with Gasteiger partial charge in [-0.25, -0.2) is 0 Å². The number of hydrogen-bond donors (Lipinski definition) is 1. The Morgan fingerprint density at radius 2 is 2.12 bits per heavy atom. The molecule has 0 spiro atoms. The van der Waals surface area contributed by atoms with Crippen LogP contribution in [0.2, 0.25) is 0 Å². The zero-order valence-corrected chi connectivity index (χ0v) is 10.9.